The van der Waals surface area contributed by atoms with Crippen LogP contribution in [-0.4, -0.2) is 27.0 Å². The fourth-order valence-electron chi connectivity index (χ4n) is 4.45. The van der Waals surface area contributed by atoms with Crippen LogP contribution in [0, 0.1) is 5.82 Å². The number of fused-ring (bicyclic) bond motifs is 2. The van der Waals surface area contributed by atoms with Crippen molar-refractivity contribution in [3.8, 4) is 5.75 Å². The van der Waals surface area contributed by atoms with Gasteiger partial charge < -0.3 is 20.5 Å². The molecule has 31 heavy (non-hydrogen) atoms. The lowest BCUT2D eigenvalue weighted by atomic mass is 9.69. The number of alkyl halides is 3. The van der Waals surface area contributed by atoms with Gasteiger partial charge in [-0.15, -0.1) is 0 Å². The Hall–Kier alpha value is -3.07. The molecule has 1 heterocycles. The second-order valence-corrected chi connectivity index (χ2v) is 7.83. The summed E-state index contributed by atoms with van der Waals surface area (Å²) < 4.78 is 56.7. The van der Waals surface area contributed by atoms with Crippen LogP contribution in [0.2, 0.25) is 0 Å². The van der Waals surface area contributed by atoms with Gasteiger partial charge in [-0.3, -0.25) is 4.79 Å². The number of hydrogen-bond acceptors (Lipinski definition) is 4. The predicted octanol–water partition coefficient (Wildman–Crippen LogP) is 4.72. The summed E-state index contributed by atoms with van der Waals surface area (Å²) in [4.78, 5) is 14.0. The number of aromatic amines is 1. The fraction of sp³-hybridized carbons (Fsp3) is 0.318. The Bertz CT molecular complexity index is 1210. The molecule has 3 aromatic rings. The Morgan fingerprint density at radius 3 is 2.65 bits per heavy atom. The van der Waals surface area contributed by atoms with Crippen molar-refractivity contribution in [2.75, 3.05) is 5.32 Å². The number of aromatic hydroxyl groups is 1. The van der Waals surface area contributed by atoms with Gasteiger partial charge in [0.1, 0.15) is 11.6 Å². The molecule has 0 saturated heterocycles. The van der Waals surface area contributed by atoms with Crippen molar-refractivity contribution in [2.24, 2.45) is 0 Å². The van der Waals surface area contributed by atoms with Crippen LogP contribution in [0.4, 0.5) is 23.2 Å². The van der Waals surface area contributed by atoms with E-state index in [1.807, 2.05) is 0 Å². The van der Waals surface area contributed by atoms with E-state index in [-0.39, 0.29) is 34.3 Å². The number of phenols is 1. The lowest BCUT2D eigenvalue weighted by molar-refractivity contribution is -0.272. The zero-order valence-corrected chi connectivity index (χ0v) is 16.4. The number of aliphatic hydroxyl groups is 1. The number of H-pyrrole nitrogens is 1. The zero-order valence-electron chi connectivity index (χ0n) is 16.4. The van der Waals surface area contributed by atoms with E-state index in [9.17, 15) is 32.6 Å². The zero-order chi connectivity index (χ0) is 22.6. The van der Waals surface area contributed by atoms with Crippen LogP contribution in [0.15, 0.2) is 47.3 Å². The molecule has 0 spiro atoms. The minimum atomic E-state index is -5.00. The van der Waals surface area contributed by atoms with Crippen LogP contribution in [0.5, 0.6) is 5.75 Å². The highest BCUT2D eigenvalue weighted by Crippen LogP contribution is 2.55. The monoisotopic (exact) mass is 436 g/mol. The summed E-state index contributed by atoms with van der Waals surface area (Å²) in [6.07, 6.45) is -5.39. The third-order valence-corrected chi connectivity index (χ3v) is 5.96. The van der Waals surface area contributed by atoms with E-state index >= 15 is 0 Å². The van der Waals surface area contributed by atoms with E-state index in [2.05, 4.69) is 10.3 Å². The lowest BCUT2D eigenvalue weighted by Crippen LogP contribution is -2.55. The first-order valence-corrected chi connectivity index (χ1v) is 9.75. The predicted molar refractivity (Wildman–Crippen MR) is 108 cm³/mol. The second-order valence-electron chi connectivity index (χ2n) is 7.83. The van der Waals surface area contributed by atoms with Gasteiger partial charge in [0.15, 0.2) is 5.60 Å². The van der Waals surface area contributed by atoms with Crippen molar-refractivity contribution in [1.82, 2.24) is 4.98 Å². The molecule has 1 aliphatic carbocycles. The number of anilines is 1. The van der Waals surface area contributed by atoms with Gasteiger partial charge in [0.05, 0.1) is 11.6 Å². The number of halogens is 4. The third kappa shape index (κ3) is 3.42. The molecule has 1 aromatic heterocycles. The Morgan fingerprint density at radius 2 is 1.97 bits per heavy atom. The van der Waals surface area contributed by atoms with Gasteiger partial charge >= 0.3 is 6.18 Å². The molecule has 164 valence electrons. The Kier molecular flexibility index (Phi) is 4.96. The highest BCUT2D eigenvalue weighted by Gasteiger charge is 2.62. The standard InChI is InChI=1S/C22H20F4N2O3/c1-2-11-10-21(31,22(24,25)26)20(14-4-3-5-17(29)19(11)14)28-16-9-12(23)8-15-13(16)6-7-18(30)27-15/h3-9,11,20,28-29,31H,2,10H2,1H3,(H,27,30)/t11-,20+,21+/m1/s1. The van der Waals surface area contributed by atoms with E-state index < -0.39 is 41.5 Å². The van der Waals surface area contributed by atoms with Crippen molar-refractivity contribution < 1.29 is 27.8 Å². The van der Waals surface area contributed by atoms with Crippen molar-refractivity contribution in [2.45, 2.75) is 43.5 Å². The molecular weight excluding hydrogens is 416 g/mol. The molecule has 0 bridgehead atoms. The van der Waals surface area contributed by atoms with Crippen LogP contribution < -0.4 is 10.9 Å². The number of nitrogens with one attached hydrogen (secondary N) is 2. The molecule has 5 nitrogen and oxygen atoms in total. The summed E-state index contributed by atoms with van der Waals surface area (Å²) in [5.41, 5.74) is -3.18. The summed E-state index contributed by atoms with van der Waals surface area (Å²) in [5.74, 6) is -1.65. The molecular formula is C22H20F4N2O3. The Morgan fingerprint density at radius 1 is 1.23 bits per heavy atom. The van der Waals surface area contributed by atoms with E-state index in [1.165, 1.54) is 30.3 Å². The van der Waals surface area contributed by atoms with Crippen molar-refractivity contribution in [1.29, 1.82) is 0 Å². The van der Waals surface area contributed by atoms with Gasteiger partial charge in [0, 0.05) is 22.7 Å². The first-order valence-electron chi connectivity index (χ1n) is 9.75. The normalized spacial score (nSPS) is 23.5. The first-order chi connectivity index (χ1) is 14.5. The van der Waals surface area contributed by atoms with Crippen LogP contribution in [-0.2, 0) is 0 Å². The van der Waals surface area contributed by atoms with Crippen molar-refractivity contribution in [3.63, 3.8) is 0 Å². The Balaban J connectivity index is 1.94. The van der Waals surface area contributed by atoms with E-state index in [0.29, 0.717) is 5.56 Å². The molecule has 0 saturated carbocycles. The molecule has 0 amide bonds. The summed E-state index contributed by atoms with van der Waals surface area (Å²) in [6, 6.07) is 7.09. The number of rotatable bonds is 3. The van der Waals surface area contributed by atoms with E-state index in [4.69, 9.17) is 0 Å². The number of phenolic OH excluding ortho intramolecular Hbond substituents is 1. The van der Waals surface area contributed by atoms with E-state index in [0.717, 1.165) is 12.1 Å². The number of benzene rings is 2. The summed E-state index contributed by atoms with van der Waals surface area (Å²) in [6.45, 7) is 1.68. The average molecular weight is 436 g/mol. The molecule has 0 fully saturated rings. The number of pyridine rings is 1. The van der Waals surface area contributed by atoms with Crippen LogP contribution >= 0.6 is 0 Å². The molecule has 1 aliphatic rings. The minimum Gasteiger partial charge on any atom is -0.508 e. The smallest absolute Gasteiger partial charge is 0.419 e. The fourth-order valence-corrected chi connectivity index (χ4v) is 4.45. The number of aromatic nitrogens is 1. The lowest BCUT2D eigenvalue weighted by Gasteiger charge is -2.45. The Labute approximate surface area is 174 Å². The third-order valence-electron chi connectivity index (χ3n) is 5.96. The molecule has 3 atom stereocenters. The molecule has 2 aromatic carbocycles. The second kappa shape index (κ2) is 7.26. The minimum absolute atomic E-state index is 0.0248. The SMILES string of the molecule is CC[C@@H]1C[C@@](O)(C(F)(F)F)[C@@H](Nc2cc(F)cc3[nH]c(=O)ccc23)c2cccc(O)c21. The molecule has 0 radical (unpaired) electrons. The van der Waals surface area contributed by atoms with Crippen molar-refractivity contribution in [3.05, 3.63) is 69.8 Å². The van der Waals surface area contributed by atoms with Crippen molar-refractivity contribution >= 4 is 16.6 Å². The maximum atomic E-state index is 14.2. The maximum Gasteiger partial charge on any atom is 0.419 e. The van der Waals surface area contributed by atoms with Crippen LogP contribution in [0.1, 0.15) is 42.9 Å². The summed E-state index contributed by atoms with van der Waals surface area (Å²) >= 11 is 0. The summed E-state index contributed by atoms with van der Waals surface area (Å²) in [7, 11) is 0. The quantitative estimate of drug-likeness (QED) is 0.448. The van der Waals surface area contributed by atoms with Crippen LogP contribution in [0.25, 0.3) is 10.9 Å². The highest BCUT2D eigenvalue weighted by molar-refractivity contribution is 5.91. The topological polar surface area (TPSA) is 85.4 Å². The molecule has 4 rings (SSSR count). The maximum absolute atomic E-state index is 14.2. The number of hydrogen-bond donors (Lipinski definition) is 4. The van der Waals surface area contributed by atoms with Gasteiger partial charge in [-0.2, -0.15) is 13.2 Å². The largest absolute Gasteiger partial charge is 0.508 e. The molecule has 0 unspecified atom stereocenters. The first kappa shape index (κ1) is 21.2. The molecule has 0 aliphatic heterocycles. The van der Waals surface area contributed by atoms with Gasteiger partial charge in [0.25, 0.3) is 0 Å². The van der Waals surface area contributed by atoms with Gasteiger partial charge in [-0.25, -0.2) is 4.39 Å². The van der Waals surface area contributed by atoms with E-state index in [1.54, 1.807) is 6.92 Å². The highest BCUT2D eigenvalue weighted by atomic mass is 19.4. The van der Waals surface area contributed by atoms with Crippen LogP contribution in [0.3, 0.4) is 0 Å². The van der Waals surface area contributed by atoms with Gasteiger partial charge in [0.2, 0.25) is 5.56 Å². The average Bonchev–Trinajstić information content (AvgIpc) is 2.68. The summed E-state index contributed by atoms with van der Waals surface area (Å²) in [5, 5.41) is 24.3. The molecule has 9 heteroatoms. The molecule has 4 N–H and O–H groups in total. The van der Waals surface area contributed by atoms with Gasteiger partial charge in [-0.05, 0) is 48.6 Å². The van der Waals surface area contributed by atoms with Gasteiger partial charge in [-0.1, -0.05) is 19.1 Å².